The molecule has 2 N–H and O–H groups in total. The second-order valence-electron chi connectivity index (χ2n) is 8.30. The molecule has 0 saturated carbocycles. The molecule has 0 spiro atoms. The highest BCUT2D eigenvalue weighted by Crippen LogP contribution is 2.26. The number of H-pyrrole nitrogens is 1. The number of likely N-dealkylation sites (tertiary alicyclic amines) is 1. The number of aromatic nitrogens is 3. The zero-order valence-corrected chi connectivity index (χ0v) is 19.6. The summed E-state index contributed by atoms with van der Waals surface area (Å²) in [5.74, 6) is 1.97. The Bertz CT molecular complexity index is 1120. The second kappa shape index (κ2) is 10.4. The van der Waals surface area contributed by atoms with Crippen LogP contribution in [0.1, 0.15) is 46.5 Å². The summed E-state index contributed by atoms with van der Waals surface area (Å²) in [7, 11) is 3.10. The van der Waals surface area contributed by atoms with E-state index in [1.807, 2.05) is 37.3 Å². The van der Waals surface area contributed by atoms with Crippen LogP contribution in [-0.4, -0.2) is 59.2 Å². The number of aromatic amines is 1. The Morgan fingerprint density at radius 1 is 1.06 bits per heavy atom. The Kier molecular flexibility index (Phi) is 7.10. The van der Waals surface area contributed by atoms with Crippen molar-refractivity contribution in [3.05, 3.63) is 71.3 Å². The monoisotopic (exact) mass is 463 g/mol. The van der Waals surface area contributed by atoms with Crippen molar-refractivity contribution in [1.29, 1.82) is 0 Å². The minimum Gasteiger partial charge on any atom is -0.497 e. The van der Waals surface area contributed by atoms with Gasteiger partial charge < -0.3 is 19.7 Å². The highest BCUT2D eigenvalue weighted by atomic mass is 16.5. The molecule has 1 saturated heterocycles. The van der Waals surface area contributed by atoms with Crippen molar-refractivity contribution in [1.82, 2.24) is 25.4 Å². The van der Waals surface area contributed by atoms with Crippen molar-refractivity contribution in [2.75, 3.05) is 27.3 Å². The number of carbonyl (C=O) groups excluding carboxylic acids is 2. The molecule has 1 fully saturated rings. The molecule has 0 radical (unpaired) electrons. The first-order valence-electron chi connectivity index (χ1n) is 11.2. The fourth-order valence-corrected chi connectivity index (χ4v) is 4.15. The van der Waals surface area contributed by atoms with Crippen LogP contribution in [0.5, 0.6) is 11.5 Å². The molecule has 1 aliphatic rings. The summed E-state index contributed by atoms with van der Waals surface area (Å²) < 4.78 is 10.6. The third kappa shape index (κ3) is 5.19. The minimum atomic E-state index is -0.442. The predicted octanol–water partition coefficient (Wildman–Crippen LogP) is 2.89. The van der Waals surface area contributed by atoms with E-state index < -0.39 is 6.04 Å². The average Bonchev–Trinajstić information content (AvgIpc) is 3.32. The molecule has 0 bridgehead atoms. The molecule has 0 aliphatic carbocycles. The van der Waals surface area contributed by atoms with E-state index in [-0.39, 0.29) is 17.7 Å². The summed E-state index contributed by atoms with van der Waals surface area (Å²) in [4.78, 5) is 32.4. The van der Waals surface area contributed by atoms with E-state index in [1.54, 1.807) is 37.3 Å². The lowest BCUT2D eigenvalue weighted by Crippen LogP contribution is -2.44. The normalized spacial score (nSPS) is 15.0. The molecule has 9 nitrogen and oxygen atoms in total. The van der Waals surface area contributed by atoms with E-state index in [1.165, 1.54) is 0 Å². The molecule has 2 heterocycles. The lowest BCUT2D eigenvalue weighted by Gasteiger charge is -2.32. The van der Waals surface area contributed by atoms with Crippen molar-refractivity contribution in [3.63, 3.8) is 0 Å². The van der Waals surface area contributed by atoms with E-state index >= 15 is 0 Å². The number of amides is 2. The summed E-state index contributed by atoms with van der Waals surface area (Å²) in [6.45, 7) is 2.81. The molecular weight excluding hydrogens is 434 g/mol. The van der Waals surface area contributed by atoms with Crippen molar-refractivity contribution in [2.45, 2.75) is 25.8 Å². The lowest BCUT2D eigenvalue weighted by atomic mass is 9.94. The number of piperidine rings is 1. The SMILES string of the molecule is COc1cc(OC)cc(C(=O)N2CCC(C(=O)NC(c3ccccc3)c3n[nH]c(C)n3)CC2)c1. The number of rotatable bonds is 7. The van der Waals surface area contributed by atoms with Crippen LogP contribution in [0.3, 0.4) is 0 Å². The van der Waals surface area contributed by atoms with Crippen LogP contribution in [-0.2, 0) is 4.79 Å². The molecule has 34 heavy (non-hydrogen) atoms. The van der Waals surface area contributed by atoms with Crippen LogP contribution >= 0.6 is 0 Å². The van der Waals surface area contributed by atoms with E-state index in [0.717, 1.165) is 5.56 Å². The van der Waals surface area contributed by atoms with Gasteiger partial charge in [-0.05, 0) is 37.5 Å². The Balaban J connectivity index is 1.41. The van der Waals surface area contributed by atoms with Gasteiger partial charge in [-0.1, -0.05) is 30.3 Å². The van der Waals surface area contributed by atoms with Crippen LogP contribution in [0.4, 0.5) is 0 Å². The van der Waals surface area contributed by atoms with Gasteiger partial charge >= 0.3 is 0 Å². The number of hydrogen-bond donors (Lipinski definition) is 2. The van der Waals surface area contributed by atoms with Crippen LogP contribution in [0, 0.1) is 12.8 Å². The molecule has 1 unspecified atom stereocenters. The number of nitrogens with one attached hydrogen (secondary N) is 2. The Hall–Kier alpha value is -3.88. The average molecular weight is 464 g/mol. The van der Waals surface area contributed by atoms with Crippen LogP contribution in [0.2, 0.25) is 0 Å². The van der Waals surface area contributed by atoms with Gasteiger partial charge in [-0.2, -0.15) is 5.10 Å². The maximum atomic E-state index is 13.2. The van der Waals surface area contributed by atoms with Gasteiger partial charge in [0.2, 0.25) is 5.91 Å². The number of hydrogen-bond acceptors (Lipinski definition) is 6. The molecule has 4 rings (SSSR count). The molecule has 2 aromatic carbocycles. The summed E-state index contributed by atoms with van der Waals surface area (Å²) >= 11 is 0. The number of nitrogens with zero attached hydrogens (tertiary/aromatic N) is 3. The van der Waals surface area contributed by atoms with E-state index in [9.17, 15) is 9.59 Å². The quantitative estimate of drug-likeness (QED) is 0.558. The Morgan fingerprint density at radius 2 is 1.71 bits per heavy atom. The summed E-state index contributed by atoms with van der Waals surface area (Å²) in [6, 6.07) is 14.3. The van der Waals surface area contributed by atoms with Gasteiger partial charge in [0.1, 0.15) is 23.4 Å². The summed E-state index contributed by atoms with van der Waals surface area (Å²) in [5.41, 5.74) is 1.41. The zero-order chi connectivity index (χ0) is 24.1. The van der Waals surface area contributed by atoms with Crippen LogP contribution in [0.15, 0.2) is 48.5 Å². The maximum absolute atomic E-state index is 13.2. The molecular formula is C25H29N5O4. The third-order valence-corrected chi connectivity index (χ3v) is 6.04. The lowest BCUT2D eigenvalue weighted by molar-refractivity contribution is -0.126. The van der Waals surface area contributed by atoms with Gasteiger partial charge in [0, 0.05) is 30.6 Å². The summed E-state index contributed by atoms with van der Waals surface area (Å²) in [6.07, 6.45) is 1.15. The van der Waals surface area contributed by atoms with Gasteiger partial charge in [0.25, 0.3) is 5.91 Å². The van der Waals surface area contributed by atoms with E-state index in [0.29, 0.717) is 54.6 Å². The first-order valence-corrected chi connectivity index (χ1v) is 11.2. The van der Waals surface area contributed by atoms with E-state index in [2.05, 4.69) is 20.5 Å². The molecule has 3 aromatic rings. The fourth-order valence-electron chi connectivity index (χ4n) is 4.15. The van der Waals surface area contributed by atoms with Crippen molar-refractivity contribution in [2.24, 2.45) is 5.92 Å². The fraction of sp³-hybridized carbons (Fsp3) is 0.360. The smallest absolute Gasteiger partial charge is 0.254 e. The van der Waals surface area contributed by atoms with Gasteiger partial charge in [-0.3, -0.25) is 14.7 Å². The molecule has 9 heteroatoms. The zero-order valence-electron chi connectivity index (χ0n) is 19.6. The van der Waals surface area contributed by atoms with Gasteiger partial charge in [-0.15, -0.1) is 0 Å². The predicted molar refractivity (Wildman–Crippen MR) is 126 cm³/mol. The highest BCUT2D eigenvalue weighted by molar-refractivity contribution is 5.95. The number of aryl methyl sites for hydroxylation is 1. The number of ether oxygens (including phenoxy) is 2. The molecule has 1 atom stereocenters. The maximum Gasteiger partial charge on any atom is 0.254 e. The van der Waals surface area contributed by atoms with Crippen LogP contribution in [0.25, 0.3) is 0 Å². The standard InChI is InChI=1S/C25H29N5O4/c1-16-26-23(29-28-16)22(17-7-5-4-6-8-17)27-24(31)18-9-11-30(12-10-18)25(32)19-13-20(33-2)15-21(14-19)34-3/h4-8,13-15,18,22H,9-12H2,1-3H3,(H,27,31)(H,26,28,29). The second-order valence-corrected chi connectivity index (χ2v) is 8.30. The first kappa shape index (κ1) is 23.3. The Labute approximate surface area is 198 Å². The Morgan fingerprint density at radius 3 is 2.26 bits per heavy atom. The van der Waals surface area contributed by atoms with Gasteiger partial charge in [0.05, 0.1) is 14.2 Å². The van der Waals surface area contributed by atoms with E-state index in [4.69, 9.17) is 9.47 Å². The number of carbonyl (C=O) groups is 2. The minimum absolute atomic E-state index is 0.0635. The molecule has 1 aromatic heterocycles. The largest absolute Gasteiger partial charge is 0.497 e. The first-order chi connectivity index (χ1) is 16.5. The third-order valence-electron chi connectivity index (χ3n) is 6.04. The van der Waals surface area contributed by atoms with Crippen molar-refractivity contribution in [3.8, 4) is 11.5 Å². The number of methoxy groups -OCH3 is 2. The van der Waals surface area contributed by atoms with Crippen LogP contribution < -0.4 is 14.8 Å². The van der Waals surface area contributed by atoms with Crippen molar-refractivity contribution >= 4 is 11.8 Å². The topological polar surface area (TPSA) is 109 Å². The van der Waals surface area contributed by atoms with Crippen molar-refractivity contribution < 1.29 is 19.1 Å². The number of benzene rings is 2. The molecule has 2 amide bonds. The van der Waals surface area contributed by atoms with Gasteiger partial charge in [0.15, 0.2) is 5.82 Å². The highest BCUT2D eigenvalue weighted by Gasteiger charge is 2.30. The molecule has 178 valence electrons. The molecule has 1 aliphatic heterocycles. The van der Waals surface area contributed by atoms with Gasteiger partial charge in [-0.25, -0.2) is 4.98 Å². The summed E-state index contributed by atoms with van der Waals surface area (Å²) in [5, 5.41) is 10.2.